The van der Waals surface area contributed by atoms with Gasteiger partial charge < -0.3 is 9.47 Å². The molecule has 2 saturated carbocycles. The summed E-state index contributed by atoms with van der Waals surface area (Å²) in [5.41, 5.74) is 5.15. The van der Waals surface area contributed by atoms with Crippen LogP contribution in [0.4, 0.5) is 0 Å². The first-order chi connectivity index (χ1) is 19.5. The van der Waals surface area contributed by atoms with E-state index in [0.717, 1.165) is 23.0 Å². The average Bonchev–Trinajstić information content (AvgIpc) is 3.00. The van der Waals surface area contributed by atoms with E-state index in [-0.39, 0.29) is 12.6 Å². The van der Waals surface area contributed by atoms with Gasteiger partial charge in [0.15, 0.2) is 6.10 Å². The summed E-state index contributed by atoms with van der Waals surface area (Å²) < 4.78 is 11.7. The predicted octanol–water partition coefficient (Wildman–Crippen LogP) is 9.20. The predicted molar refractivity (Wildman–Crippen MR) is 161 cm³/mol. The van der Waals surface area contributed by atoms with E-state index in [9.17, 15) is 4.79 Å². The van der Waals surface area contributed by atoms with Crippen LogP contribution in [0.2, 0.25) is 0 Å². The molecule has 0 aromatic heterocycles. The second-order valence-electron chi connectivity index (χ2n) is 12.0. The Hall–Kier alpha value is -3.51. The Morgan fingerprint density at radius 2 is 1.25 bits per heavy atom. The van der Waals surface area contributed by atoms with Gasteiger partial charge in [0.05, 0.1) is 5.56 Å². The molecule has 208 valence electrons. The normalized spacial score (nSPS) is 23.4. The molecule has 0 N–H and O–H groups in total. The lowest BCUT2D eigenvalue weighted by molar-refractivity contribution is 0.0251. The third-order valence-corrected chi connectivity index (χ3v) is 8.97. The molecule has 1 atom stereocenters. The highest BCUT2D eigenvalue weighted by molar-refractivity contribution is 5.89. The molecule has 2 aliphatic rings. The molecule has 3 aromatic rings. The number of hydrogen-bond donors (Lipinski definition) is 0. The summed E-state index contributed by atoms with van der Waals surface area (Å²) >= 11 is 0. The van der Waals surface area contributed by atoms with Crippen molar-refractivity contribution in [3.05, 3.63) is 107 Å². The van der Waals surface area contributed by atoms with Crippen molar-refractivity contribution in [3.8, 4) is 12.0 Å². The SMILES string of the molecule is CC1CCC(c2ccc(C#COC(COC(=O)c3ccc(C4CCC(C)CC4)cc3)c3ccccc3)cc2)CC1. The first kappa shape index (κ1) is 28.0. The molecule has 0 bridgehead atoms. The zero-order chi connectivity index (χ0) is 27.7. The van der Waals surface area contributed by atoms with Gasteiger partial charge in [0.1, 0.15) is 12.7 Å². The maximum absolute atomic E-state index is 12.9. The molecule has 3 aromatic carbocycles. The molecule has 0 heterocycles. The molecule has 0 radical (unpaired) electrons. The quantitative estimate of drug-likeness (QED) is 0.224. The van der Waals surface area contributed by atoms with Crippen LogP contribution >= 0.6 is 0 Å². The first-order valence-electron chi connectivity index (χ1n) is 15.1. The van der Waals surface area contributed by atoms with E-state index in [2.05, 4.69) is 62.3 Å². The van der Waals surface area contributed by atoms with Crippen LogP contribution < -0.4 is 0 Å². The number of ether oxygens (including phenoxy) is 2. The lowest BCUT2D eigenvalue weighted by atomic mass is 9.79. The Balaban J connectivity index is 1.18. The second kappa shape index (κ2) is 13.7. The van der Waals surface area contributed by atoms with Gasteiger partial charge >= 0.3 is 5.97 Å². The Kier molecular flexibility index (Phi) is 9.61. The van der Waals surface area contributed by atoms with Crippen molar-refractivity contribution in [2.45, 2.75) is 83.2 Å². The van der Waals surface area contributed by atoms with E-state index in [1.807, 2.05) is 42.5 Å². The summed E-state index contributed by atoms with van der Waals surface area (Å²) in [6.07, 6.45) is 12.6. The number of benzene rings is 3. The Morgan fingerprint density at radius 3 is 1.80 bits per heavy atom. The number of hydrogen-bond acceptors (Lipinski definition) is 3. The van der Waals surface area contributed by atoms with E-state index in [0.29, 0.717) is 17.4 Å². The van der Waals surface area contributed by atoms with Gasteiger partial charge in [0.2, 0.25) is 0 Å². The zero-order valence-electron chi connectivity index (χ0n) is 24.0. The lowest BCUT2D eigenvalue weighted by Crippen LogP contribution is -2.15. The van der Waals surface area contributed by atoms with Crippen LogP contribution in [0.25, 0.3) is 0 Å². The minimum absolute atomic E-state index is 0.0961. The average molecular weight is 535 g/mol. The fourth-order valence-electron chi connectivity index (χ4n) is 6.18. The molecule has 40 heavy (non-hydrogen) atoms. The lowest BCUT2D eigenvalue weighted by Gasteiger charge is -2.26. The van der Waals surface area contributed by atoms with Gasteiger partial charge in [-0.2, -0.15) is 0 Å². The maximum Gasteiger partial charge on any atom is 0.338 e. The molecule has 0 saturated heterocycles. The van der Waals surface area contributed by atoms with Crippen LogP contribution in [0.5, 0.6) is 0 Å². The molecule has 2 fully saturated rings. The van der Waals surface area contributed by atoms with E-state index in [1.54, 1.807) is 0 Å². The van der Waals surface area contributed by atoms with Crippen molar-refractivity contribution in [2.24, 2.45) is 11.8 Å². The fraction of sp³-hybridized carbons (Fsp3) is 0.432. The molecule has 0 spiro atoms. The van der Waals surface area contributed by atoms with Gasteiger partial charge in [-0.15, -0.1) is 0 Å². The van der Waals surface area contributed by atoms with Gasteiger partial charge in [-0.05, 0) is 96.2 Å². The molecule has 3 nitrogen and oxygen atoms in total. The summed E-state index contributed by atoms with van der Waals surface area (Å²) in [5, 5.41) is 0. The number of carbonyl (C=O) groups is 1. The Bertz CT molecular complexity index is 1270. The summed E-state index contributed by atoms with van der Waals surface area (Å²) in [7, 11) is 0. The highest BCUT2D eigenvalue weighted by atomic mass is 16.6. The van der Waals surface area contributed by atoms with Crippen LogP contribution in [0.1, 0.15) is 116 Å². The monoisotopic (exact) mass is 534 g/mol. The molecule has 3 heteroatoms. The van der Waals surface area contributed by atoms with Crippen LogP contribution in [0, 0.1) is 23.9 Å². The molecule has 0 amide bonds. The van der Waals surface area contributed by atoms with Gasteiger partial charge in [0.25, 0.3) is 0 Å². The van der Waals surface area contributed by atoms with Crippen molar-refractivity contribution >= 4 is 5.97 Å². The molecular formula is C37H42O3. The molecular weight excluding hydrogens is 492 g/mol. The molecule has 5 rings (SSSR count). The summed E-state index contributed by atoms with van der Waals surface area (Å²) in [6.45, 7) is 4.79. The van der Waals surface area contributed by atoms with Gasteiger partial charge in [-0.25, -0.2) is 4.79 Å². The highest BCUT2D eigenvalue weighted by Crippen LogP contribution is 2.36. The van der Waals surface area contributed by atoms with Gasteiger partial charge in [-0.3, -0.25) is 0 Å². The van der Waals surface area contributed by atoms with Crippen molar-refractivity contribution in [1.29, 1.82) is 0 Å². The standard InChI is InChI=1S/C37H42O3/c1-27-8-14-30(15-9-27)32-18-12-29(13-19-32)24-25-39-36(34-6-4-3-5-7-34)26-40-37(38)35-22-20-33(21-23-35)31-16-10-28(2)11-17-31/h3-7,12-13,18-23,27-28,30-31,36H,8-11,14-17,26H2,1-2H3. The third-order valence-electron chi connectivity index (χ3n) is 8.97. The first-order valence-corrected chi connectivity index (χ1v) is 15.1. The van der Waals surface area contributed by atoms with E-state index < -0.39 is 6.10 Å². The van der Waals surface area contributed by atoms with Crippen molar-refractivity contribution in [3.63, 3.8) is 0 Å². The smallest absolute Gasteiger partial charge is 0.338 e. The minimum Gasteiger partial charge on any atom is -0.458 e. The van der Waals surface area contributed by atoms with Crippen LogP contribution in [-0.4, -0.2) is 12.6 Å². The zero-order valence-corrected chi connectivity index (χ0v) is 24.0. The minimum atomic E-state index is -0.468. The fourth-order valence-corrected chi connectivity index (χ4v) is 6.18. The maximum atomic E-state index is 12.9. The summed E-state index contributed by atoms with van der Waals surface area (Å²) in [5.74, 6) is 5.73. The van der Waals surface area contributed by atoms with E-state index >= 15 is 0 Å². The van der Waals surface area contributed by atoms with Crippen LogP contribution in [-0.2, 0) is 9.47 Å². The van der Waals surface area contributed by atoms with Crippen LogP contribution in [0.15, 0.2) is 78.9 Å². The number of rotatable bonds is 7. The Morgan fingerprint density at radius 1 is 0.725 bits per heavy atom. The second-order valence-corrected chi connectivity index (χ2v) is 12.0. The van der Waals surface area contributed by atoms with Gasteiger partial charge in [0, 0.05) is 5.56 Å². The van der Waals surface area contributed by atoms with Crippen LogP contribution in [0.3, 0.4) is 0 Å². The van der Waals surface area contributed by atoms with Crippen molar-refractivity contribution in [2.75, 3.05) is 6.61 Å². The largest absolute Gasteiger partial charge is 0.458 e. The van der Waals surface area contributed by atoms with E-state index in [4.69, 9.17) is 9.47 Å². The highest BCUT2D eigenvalue weighted by Gasteiger charge is 2.21. The number of esters is 1. The summed E-state index contributed by atoms with van der Waals surface area (Å²) in [4.78, 5) is 12.9. The number of carbonyl (C=O) groups excluding carboxylic acids is 1. The van der Waals surface area contributed by atoms with Crippen molar-refractivity contribution in [1.82, 2.24) is 0 Å². The topological polar surface area (TPSA) is 35.5 Å². The third kappa shape index (κ3) is 7.57. The van der Waals surface area contributed by atoms with Gasteiger partial charge in [-0.1, -0.05) is 94.1 Å². The van der Waals surface area contributed by atoms with Crippen molar-refractivity contribution < 1.29 is 14.3 Å². The van der Waals surface area contributed by atoms with E-state index in [1.165, 1.54) is 62.5 Å². The molecule has 2 aliphatic carbocycles. The molecule has 1 unspecified atom stereocenters. The summed E-state index contributed by atoms with van der Waals surface area (Å²) in [6, 6.07) is 26.4. The molecule has 0 aliphatic heterocycles. The Labute approximate surface area is 240 Å².